The Labute approximate surface area is 98.9 Å². The van der Waals surface area contributed by atoms with Crippen LogP contribution in [0.3, 0.4) is 0 Å². The zero-order valence-corrected chi connectivity index (χ0v) is 10.3. The van der Waals surface area contributed by atoms with Crippen LogP contribution in [0, 0.1) is 5.92 Å². The molecule has 1 heterocycles. The Bertz CT molecular complexity index is 334. The van der Waals surface area contributed by atoms with E-state index in [-0.39, 0.29) is 0 Å². The molecule has 1 unspecified atom stereocenters. The Morgan fingerprint density at radius 1 is 1.47 bits per heavy atom. The van der Waals surface area contributed by atoms with Crippen LogP contribution in [0.25, 0.3) is 0 Å². The van der Waals surface area contributed by atoms with Crippen LogP contribution in [0.4, 0.5) is 5.69 Å². The van der Waals surface area contributed by atoms with Gasteiger partial charge in [0.1, 0.15) is 0 Å². The van der Waals surface area contributed by atoms with E-state index >= 15 is 0 Å². The van der Waals surface area contributed by atoms with E-state index in [9.17, 15) is 0 Å². The average molecular weight is 270 g/mol. The Morgan fingerprint density at radius 2 is 2.33 bits per heavy atom. The maximum absolute atomic E-state index is 5.97. The van der Waals surface area contributed by atoms with Gasteiger partial charge in [0.25, 0.3) is 0 Å². The highest BCUT2D eigenvalue weighted by Crippen LogP contribution is 2.24. The fourth-order valence-corrected chi connectivity index (χ4v) is 2.41. The minimum absolute atomic E-state index is 0.641. The summed E-state index contributed by atoms with van der Waals surface area (Å²) in [4.78, 5) is 0. The molecule has 2 N–H and O–H groups in total. The Hall–Kier alpha value is -0.540. The zero-order chi connectivity index (χ0) is 10.7. The highest BCUT2D eigenvalue weighted by atomic mass is 79.9. The Kier molecular flexibility index (Phi) is 3.65. The normalized spacial score (nSPS) is 21.5. The molecule has 3 heteroatoms. The van der Waals surface area contributed by atoms with Gasteiger partial charge in [-0.2, -0.15) is 0 Å². The van der Waals surface area contributed by atoms with Gasteiger partial charge in [0.15, 0.2) is 0 Å². The topological polar surface area (TPSA) is 35.2 Å². The van der Waals surface area contributed by atoms with Crippen LogP contribution in [-0.2, 0) is 11.2 Å². The number of hydrogen-bond donors (Lipinski definition) is 1. The van der Waals surface area contributed by atoms with E-state index in [2.05, 4.69) is 28.1 Å². The molecule has 0 radical (unpaired) electrons. The predicted octanol–water partition coefficient (Wildman–Crippen LogP) is 3.00. The third-order valence-electron chi connectivity index (χ3n) is 2.87. The van der Waals surface area contributed by atoms with Gasteiger partial charge in [-0.15, -0.1) is 0 Å². The molecule has 0 amide bonds. The van der Waals surface area contributed by atoms with Crippen molar-refractivity contribution in [3.05, 3.63) is 28.2 Å². The summed E-state index contributed by atoms with van der Waals surface area (Å²) in [6, 6.07) is 6.13. The van der Waals surface area contributed by atoms with Crippen LogP contribution in [0.5, 0.6) is 0 Å². The molecule has 15 heavy (non-hydrogen) atoms. The van der Waals surface area contributed by atoms with E-state index in [1.54, 1.807) is 0 Å². The zero-order valence-electron chi connectivity index (χ0n) is 8.71. The van der Waals surface area contributed by atoms with E-state index in [1.807, 2.05) is 6.07 Å². The van der Waals surface area contributed by atoms with Gasteiger partial charge in [0.2, 0.25) is 0 Å². The van der Waals surface area contributed by atoms with Crippen LogP contribution in [0.15, 0.2) is 22.7 Å². The molecule has 1 aromatic carbocycles. The number of ether oxygens (including phenoxy) is 1. The molecule has 82 valence electrons. The van der Waals surface area contributed by atoms with Gasteiger partial charge >= 0.3 is 0 Å². The molecule has 0 spiro atoms. The number of rotatable bonds is 2. The van der Waals surface area contributed by atoms with Crippen molar-refractivity contribution in [3.8, 4) is 0 Å². The summed E-state index contributed by atoms with van der Waals surface area (Å²) >= 11 is 3.42. The molecule has 0 aromatic heterocycles. The fraction of sp³-hybridized carbons (Fsp3) is 0.500. The largest absolute Gasteiger partial charge is 0.398 e. The third-order valence-corrected chi connectivity index (χ3v) is 3.36. The standard InChI is InChI=1S/C12H16BrNO/c13-11-4-3-10(12(14)7-11)6-9-2-1-5-15-8-9/h3-4,7,9H,1-2,5-6,8,14H2. The first kappa shape index (κ1) is 11.0. The second kappa shape index (κ2) is 4.99. The lowest BCUT2D eigenvalue weighted by Crippen LogP contribution is -2.19. The van der Waals surface area contributed by atoms with Crippen molar-refractivity contribution in [3.63, 3.8) is 0 Å². The van der Waals surface area contributed by atoms with Crippen LogP contribution in [0.1, 0.15) is 18.4 Å². The van der Waals surface area contributed by atoms with Gasteiger partial charge in [-0.25, -0.2) is 0 Å². The quantitative estimate of drug-likeness (QED) is 0.838. The summed E-state index contributed by atoms with van der Waals surface area (Å²) in [5, 5.41) is 0. The molecule has 1 aromatic rings. The number of hydrogen-bond acceptors (Lipinski definition) is 2. The van der Waals surface area contributed by atoms with Crippen molar-refractivity contribution in [2.75, 3.05) is 18.9 Å². The molecule has 1 fully saturated rings. The number of anilines is 1. The Morgan fingerprint density at radius 3 is 3.00 bits per heavy atom. The summed E-state index contributed by atoms with van der Waals surface area (Å²) < 4.78 is 6.51. The molecule has 2 nitrogen and oxygen atoms in total. The van der Waals surface area contributed by atoms with Crippen molar-refractivity contribution < 1.29 is 4.74 Å². The monoisotopic (exact) mass is 269 g/mol. The summed E-state index contributed by atoms with van der Waals surface area (Å²) in [5.74, 6) is 0.641. The van der Waals surface area contributed by atoms with Gasteiger partial charge in [-0.3, -0.25) is 0 Å². The maximum Gasteiger partial charge on any atom is 0.0497 e. The molecule has 1 aliphatic heterocycles. The van der Waals surface area contributed by atoms with Crippen LogP contribution >= 0.6 is 15.9 Å². The molecule has 2 rings (SSSR count). The molecule has 1 atom stereocenters. The van der Waals surface area contributed by atoms with E-state index < -0.39 is 0 Å². The van der Waals surface area contributed by atoms with Crippen LogP contribution < -0.4 is 5.73 Å². The van der Waals surface area contributed by atoms with Crippen molar-refractivity contribution in [2.45, 2.75) is 19.3 Å². The van der Waals surface area contributed by atoms with Crippen molar-refractivity contribution in [2.24, 2.45) is 5.92 Å². The van der Waals surface area contributed by atoms with Gasteiger partial charge in [-0.05, 0) is 42.9 Å². The summed E-state index contributed by atoms with van der Waals surface area (Å²) in [6.45, 7) is 1.81. The Balaban J connectivity index is 2.03. The molecule has 0 aliphatic carbocycles. The maximum atomic E-state index is 5.97. The van der Waals surface area contributed by atoms with E-state index in [0.29, 0.717) is 5.92 Å². The average Bonchev–Trinajstić information content (AvgIpc) is 2.24. The summed E-state index contributed by atoms with van der Waals surface area (Å²) in [5.41, 5.74) is 8.10. The second-order valence-electron chi connectivity index (χ2n) is 4.13. The lowest BCUT2D eigenvalue weighted by atomic mass is 9.93. The number of nitrogens with two attached hydrogens (primary N) is 1. The SMILES string of the molecule is Nc1cc(Br)ccc1CC1CCCOC1. The fourth-order valence-electron chi connectivity index (χ4n) is 2.03. The third kappa shape index (κ3) is 2.95. The summed E-state index contributed by atoms with van der Waals surface area (Å²) in [7, 11) is 0. The molecule has 0 saturated carbocycles. The van der Waals surface area contributed by atoms with E-state index in [4.69, 9.17) is 10.5 Å². The van der Waals surface area contributed by atoms with Gasteiger partial charge in [0.05, 0.1) is 0 Å². The number of nitrogen functional groups attached to an aromatic ring is 1. The molecular weight excluding hydrogens is 254 g/mol. The minimum atomic E-state index is 0.641. The van der Waals surface area contributed by atoms with Gasteiger partial charge in [-0.1, -0.05) is 22.0 Å². The van der Waals surface area contributed by atoms with Gasteiger partial charge in [0, 0.05) is 23.4 Å². The highest BCUT2D eigenvalue weighted by molar-refractivity contribution is 9.10. The molecule has 1 saturated heterocycles. The first-order valence-corrected chi connectivity index (χ1v) is 6.16. The van der Waals surface area contributed by atoms with Crippen molar-refractivity contribution in [1.29, 1.82) is 0 Å². The molecule has 1 aliphatic rings. The highest BCUT2D eigenvalue weighted by Gasteiger charge is 2.15. The number of halogens is 1. The van der Waals surface area contributed by atoms with Crippen LogP contribution in [0.2, 0.25) is 0 Å². The molecular formula is C12H16BrNO. The van der Waals surface area contributed by atoms with Gasteiger partial charge < -0.3 is 10.5 Å². The first-order chi connectivity index (χ1) is 7.25. The van der Waals surface area contributed by atoms with E-state index in [1.165, 1.54) is 18.4 Å². The van der Waals surface area contributed by atoms with E-state index in [0.717, 1.165) is 29.8 Å². The van der Waals surface area contributed by atoms with Crippen molar-refractivity contribution >= 4 is 21.6 Å². The second-order valence-corrected chi connectivity index (χ2v) is 5.05. The summed E-state index contributed by atoms with van der Waals surface area (Å²) in [6.07, 6.45) is 3.48. The lowest BCUT2D eigenvalue weighted by molar-refractivity contribution is 0.0551. The first-order valence-electron chi connectivity index (χ1n) is 5.37. The van der Waals surface area contributed by atoms with Crippen molar-refractivity contribution in [1.82, 2.24) is 0 Å². The predicted molar refractivity (Wildman–Crippen MR) is 65.8 cm³/mol. The minimum Gasteiger partial charge on any atom is -0.398 e. The molecule has 0 bridgehead atoms. The number of benzene rings is 1. The lowest BCUT2D eigenvalue weighted by Gasteiger charge is -2.22. The van der Waals surface area contributed by atoms with Crippen LogP contribution in [-0.4, -0.2) is 13.2 Å². The smallest absolute Gasteiger partial charge is 0.0497 e.